The van der Waals surface area contributed by atoms with Crippen LogP contribution in [0.2, 0.25) is 0 Å². The van der Waals surface area contributed by atoms with Gasteiger partial charge >= 0.3 is 0 Å². The Morgan fingerprint density at radius 2 is 2.00 bits per heavy atom. The molecular formula is C21H31N7O. The normalized spacial score (nSPS) is 18.8. The van der Waals surface area contributed by atoms with E-state index in [0.717, 1.165) is 61.8 Å². The fraction of sp³-hybridized carbons (Fsp3) is 0.619. The van der Waals surface area contributed by atoms with Gasteiger partial charge in [0.05, 0.1) is 12.2 Å². The SMILES string of the molecule is Cc1nc(C(=O)N(C)C)nc(N2CC[C@@H](NCc3nc4c([nH]3)CCCC4)C2)c1C. The predicted molar refractivity (Wildman–Crippen MR) is 112 cm³/mol. The quantitative estimate of drug-likeness (QED) is 0.799. The van der Waals surface area contributed by atoms with E-state index in [9.17, 15) is 4.79 Å². The molecule has 0 spiro atoms. The molecule has 1 aliphatic carbocycles. The number of aryl methyl sites for hydroxylation is 3. The predicted octanol–water partition coefficient (Wildman–Crippen LogP) is 1.77. The van der Waals surface area contributed by atoms with E-state index in [2.05, 4.69) is 25.2 Å². The van der Waals surface area contributed by atoms with Crippen molar-refractivity contribution in [2.75, 3.05) is 32.1 Å². The van der Waals surface area contributed by atoms with Gasteiger partial charge in [-0.15, -0.1) is 0 Å². The number of nitrogens with one attached hydrogen (secondary N) is 2. The summed E-state index contributed by atoms with van der Waals surface area (Å²) in [4.78, 5) is 33.4. The minimum Gasteiger partial charge on any atom is -0.355 e. The molecule has 0 bridgehead atoms. The lowest BCUT2D eigenvalue weighted by molar-refractivity contribution is 0.0815. The Kier molecular flexibility index (Phi) is 5.54. The van der Waals surface area contributed by atoms with E-state index >= 15 is 0 Å². The topological polar surface area (TPSA) is 90.0 Å². The molecule has 1 atom stereocenters. The first-order valence-corrected chi connectivity index (χ1v) is 10.5. The highest BCUT2D eigenvalue weighted by atomic mass is 16.2. The number of carbonyl (C=O) groups is 1. The van der Waals surface area contributed by atoms with E-state index in [1.54, 1.807) is 14.1 Å². The third-order valence-electron chi connectivity index (χ3n) is 6.01. The molecule has 2 N–H and O–H groups in total. The van der Waals surface area contributed by atoms with Crippen LogP contribution in [-0.4, -0.2) is 64.0 Å². The molecule has 8 heteroatoms. The van der Waals surface area contributed by atoms with Gasteiger partial charge in [-0.05, 0) is 46.0 Å². The highest BCUT2D eigenvalue weighted by molar-refractivity contribution is 5.90. The fourth-order valence-electron chi connectivity index (χ4n) is 4.17. The van der Waals surface area contributed by atoms with Crippen LogP contribution < -0.4 is 10.2 Å². The molecule has 8 nitrogen and oxygen atoms in total. The molecule has 4 rings (SSSR count). The number of carbonyl (C=O) groups excluding carboxylic acids is 1. The summed E-state index contributed by atoms with van der Waals surface area (Å²) >= 11 is 0. The van der Waals surface area contributed by atoms with Crippen LogP contribution >= 0.6 is 0 Å². The van der Waals surface area contributed by atoms with Crippen LogP contribution in [0.1, 0.15) is 58.4 Å². The minimum absolute atomic E-state index is 0.162. The maximum Gasteiger partial charge on any atom is 0.291 e. The van der Waals surface area contributed by atoms with E-state index in [4.69, 9.17) is 4.98 Å². The van der Waals surface area contributed by atoms with Gasteiger partial charge in [-0.25, -0.2) is 15.0 Å². The average molecular weight is 398 g/mol. The van der Waals surface area contributed by atoms with Crippen molar-refractivity contribution in [2.24, 2.45) is 0 Å². The fourth-order valence-corrected chi connectivity index (χ4v) is 4.17. The van der Waals surface area contributed by atoms with Crippen LogP contribution in [0.4, 0.5) is 5.82 Å². The first-order chi connectivity index (χ1) is 13.9. The standard InChI is InChI=1S/C21H31N7O/c1-13-14(2)23-19(21(29)27(3)4)26-20(13)28-10-9-15(12-28)22-11-18-24-16-7-5-6-8-17(16)25-18/h15,22H,5-12H2,1-4H3,(H,24,25)/t15-/m1/s1. The summed E-state index contributed by atoms with van der Waals surface area (Å²) in [5.74, 6) is 2.03. The largest absolute Gasteiger partial charge is 0.355 e. The number of anilines is 1. The van der Waals surface area contributed by atoms with Gasteiger partial charge in [0, 0.05) is 50.2 Å². The molecule has 3 heterocycles. The second-order valence-electron chi connectivity index (χ2n) is 8.41. The van der Waals surface area contributed by atoms with Crippen molar-refractivity contribution in [2.45, 2.75) is 58.5 Å². The number of aromatic nitrogens is 4. The molecule has 1 saturated heterocycles. The Hall–Kier alpha value is -2.48. The molecule has 1 amide bonds. The Morgan fingerprint density at radius 1 is 1.21 bits per heavy atom. The number of imidazole rings is 1. The van der Waals surface area contributed by atoms with Gasteiger partial charge in [-0.1, -0.05) is 0 Å². The molecule has 0 saturated carbocycles. The summed E-state index contributed by atoms with van der Waals surface area (Å²) in [6.07, 6.45) is 5.77. The lowest BCUT2D eigenvalue weighted by Crippen LogP contribution is -2.33. The van der Waals surface area contributed by atoms with E-state index < -0.39 is 0 Å². The van der Waals surface area contributed by atoms with E-state index in [0.29, 0.717) is 6.04 Å². The van der Waals surface area contributed by atoms with Crippen LogP contribution in [-0.2, 0) is 19.4 Å². The third-order valence-corrected chi connectivity index (χ3v) is 6.01. The number of nitrogens with zero attached hydrogens (tertiary/aromatic N) is 5. The summed E-state index contributed by atoms with van der Waals surface area (Å²) in [6, 6.07) is 0.375. The number of hydrogen-bond acceptors (Lipinski definition) is 6. The number of fused-ring (bicyclic) bond motifs is 1. The van der Waals surface area contributed by atoms with Crippen molar-refractivity contribution in [3.63, 3.8) is 0 Å². The van der Waals surface area contributed by atoms with Gasteiger partial charge < -0.3 is 20.1 Å². The zero-order chi connectivity index (χ0) is 20.5. The van der Waals surface area contributed by atoms with Crippen molar-refractivity contribution in [1.29, 1.82) is 0 Å². The molecule has 2 aliphatic rings. The van der Waals surface area contributed by atoms with Gasteiger partial charge in [-0.2, -0.15) is 0 Å². The molecule has 0 radical (unpaired) electrons. The Bertz CT molecular complexity index is 881. The summed E-state index contributed by atoms with van der Waals surface area (Å²) < 4.78 is 0. The van der Waals surface area contributed by atoms with Gasteiger partial charge in [0.2, 0.25) is 5.82 Å². The van der Waals surface area contributed by atoms with E-state index in [1.165, 1.54) is 29.1 Å². The maximum atomic E-state index is 12.3. The number of H-pyrrole nitrogens is 1. The number of hydrogen-bond donors (Lipinski definition) is 2. The summed E-state index contributed by atoms with van der Waals surface area (Å²) in [7, 11) is 3.45. The molecule has 2 aromatic heterocycles. The lowest BCUT2D eigenvalue weighted by Gasteiger charge is -2.22. The van der Waals surface area contributed by atoms with Crippen molar-refractivity contribution < 1.29 is 4.79 Å². The van der Waals surface area contributed by atoms with Gasteiger partial charge in [0.25, 0.3) is 5.91 Å². The zero-order valence-corrected chi connectivity index (χ0v) is 17.9. The minimum atomic E-state index is -0.162. The van der Waals surface area contributed by atoms with Crippen LogP contribution in [0.25, 0.3) is 0 Å². The van der Waals surface area contributed by atoms with Crippen molar-refractivity contribution >= 4 is 11.7 Å². The lowest BCUT2D eigenvalue weighted by atomic mass is 10.0. The average Bonchev–Trinajstić information content (AvgIpc) is 3.34. The smallest absolute Gasteiger partial charge is 0.291 e. The summed E-state index contributed by atoms with van der Waals surface area (Å²) in [5.41, 5.74) is 4.48. The van der Waals surface area contributed by atoms with Crippen LogP contribution in [0.3, 0.4) is 0 Å². The van der Waals surface area contributed by atoms with Crippen molar-refractivity contribution in [3.8, 4) is 0 Å². The molecule has 0 unspecified atom stereocenters. The number of rotatable bonds is 5. The second-order valence-corrected chi connectivity index (χ2v) is 8.41. The van der Waals surface area contributed by atoms with Gasteiger partial charge in [0.1, 0.15) is 11.6 Å². The molecular weight excluding hydrogens is 366 g/mol. The van der Waals surface area contributed by atoms with Crippen LogP contribution in [0.15, 0.2) is 0 Å². The van der Waals surface area contributed by atoms with E-state index in [1.807, 2.05) is 13.8 Å². The van der Waals surface area contributed by atoms with Crippen molar-refractivity contribution in [3.05, 3.63) is 34.3 Å². The van der Waals surface area contributed by atoms with Gasteiger partial charge in [-0.3, -0.25) is 4.79 Å². The highest BCUT2D eigenvalue weighted by Crippen LogP contribution is 2.24. The Balaban J connectivity index is 1.41. The Morgan fingerprint density at radius 3 is 2.76 bits per heavy atom. The van der Waals surface area contributed by atoms with E-state index in [-0.39, 0.29) is 11.7 Å². The molecule has 29 heavy (non-hydrogen) atoms. The highest BCUT2D eigenvalue weighted by Gasteiger charge is 2.27. The van der Waals surface area contributed by atoms with Crippen LogP contribution in [0.5, 0.6) is 0 Å². The monoisotopic (exact) mass is 397 g/mol. The molecule has 1 fully saturated rings. The molecule has 1 aliphatic heterocycles. The second kappa shape index (κ2) is 8.10. The third kappa shape index (κ3) is 4.12. The van der Waals surface area contributed by atoms with Gasteiger partial charge in [0.15, 0.2) is 0 Å². The summed E-state index contributed by atoms with van der Waals surface area (Å²) in [5, 5.41) is 3.64. The number of amides is 1. The molecule has 0 aromatic carbocycles. The first kappa shape index (κ1) is 19.8. The maximum absolute atomic E-state index is 12.3. The van der Waals surface area contributed by atoms with Crippen LogP contribution in [0, 0.1) is 13.8 Å². The zero-order valence-electron chi connectivity index (χ0n) is 17.9. The summed E-state index contributed by atoms with van der Waals surface area (Å²) in [6.45, 7) is 6.52. The first-order valence-electron chi connectivity index (χ1n) is 10.5. The molecule has 2 aromatic rings. The molecule has 156 valence electrons. The Labute approximate surface area is 172 Å². The number of aromatic amines is 1. The van der Waals surface area contributed by atoms with Crippen molar-refractivity contribution in [1.82, 2.24) is 30.2 Å².